The summed E-state index contributed by atoms with van der Waals surface area (Å²) in [5.74, 6) is 0.530. The molecule has 1 heterocycles. The van der Waals surface area contributed by atoms with E-state index in [-0.39, 0.29) is 18.4 Å². The van der Waals surface area contributed by atoms with E-state index in [0.29, 0.717) is 12.5 Å². The summed E-state index contributed by atoms with van der Waals surface area (Å²) in [6.45, 7) is 5.41. The molecule has 0 unspecified atom stereocenters. The number of benzene rings is 2. The van der Waals surface area contributed by atoms with Gasteiger partial charge >= 0.3 is 6.03 Å². The third kappa shape index (κ3) is 4.88. The minimum atomic E-state index is -0.297. The highest BCUT2D eigenvalue weighted by molar-refractivity contribution is 5.95. The van der Waals surface area contributed by atoms with Crippen LogP contribution in [0.15, 0.2) is 48.5 Å². The Bertz CT molecular complexity index is 802. The fraction of sp³-hybridized carbons (Fsp3) is 0.364. The van der Waals surface area contributed by atoms with Gasteiger partial charge in [-0.25, -0.2) is 4.79 Å². The second-order valence-electron chi connectivity index (χ2n) is 7.19. The monoisotopic (exact) mass is 365 g/mol. The highest BCUT2D eigenvalue weighted by Gasteiger charge is 2.22. The van der Waals surface area contributed by atoms with Crippen molar-refractivity contribution in [2.75, 3.05) is 23.3 Å². The second-order valence-corrected chi connectivity index (χ2v) is 7.19. The van der Waals surface area contributed by atoms with Crippen molar-refractivity contribution < 1.29 is 9.59 Å². The molecule has 0 atom stereocenters. The number of urea groups is 1. The summed E-state index contributed by atoms with van der Waals surface area (Å²) in [6.07, 6.45) is 2.27. The molecule has 27 heavy (non-hydrogen) atoms. The number of carbonyl (C=O) groups is 2. The zero-order valence-electron chi connectivity index (χ0n) is 16.0. The van der Waals surface area contributed by atoms with Gasteiger partial charge < -0.3 is 15.5 Å². The number of hydrogen-bond donors (Lipinski definition) is 2. The van der Waals surface area contributed by atoms with Gasteiger partial charge in [-0.2, -0.15) is 0 Å². The number of carbonyl (C=O) groups excluding carboxylic acids is 2. The average Bonchev–Trinajstić information content (AvgIpc) is 2.67. The van der Waals surface area contributed by atoms with Gasteiger partial charge in [-0.3, -0.25) is 4.79 Å². The van der Waals surface area contributed by atoms with E-state index in [1.165, 1.54) is 11.1 Å². The molecule has 2 N–H and O–H groups in total. The number of para-hydroxylation sites is 1. The Morgan fingerprint density at radius 3 is 2.63 bits per heavy atom. The fourth-order valence-corrected chi connectivity index (χ4v) is 3.35. The van der Waals surface area contributed by atoms with Crippen molar-refractivity contribution in [2.45, 2.75) is 39.0 Å². The van der Waals surface area contributed by atoms with Gasteiger partial charge in [0.15, 0.2) is 0 Å². The van der Waals surface area contributed by atoms with Gasteiger partial charge in [-0.15, -0.1) is 0 Å². The van der Waals surface area contributed by atoms with Crippen molar-refractivity contribution >= 4 is 23.3 Å². The van der Waals surface area contributed by atoms with Gasteiger partial charge in [-0.1, -0.05) is 44.2 Å². The SMILES string of the molecule is CC(C)c1ccc2c(c1)CCCN2C(=O)CCNC(=O)Nc1ccccc1. The van der Waals surface area contributed by atoms with Crippen LogP contribution in [0.3, 0.4) is 0 Å². The zero-order chi connectivity index (χ0) is 19.2. The number of nitrogens with zero attached hydrogens (tertiary/aromatic N) is 1. The first-order valence-corrected chi connectivity index (χ1v) is 9.57. The standard InChI is InChI=1S/C22H27N3O2/c1-16(2)17-10-11-20-18(15-17)7-6-14-25(20)21(26)12-13-23-22(27)24-19-8-4-3-5-9-19/h3-5,8-11,15-16H,6-7,12-14H2,1-2H3,(H2,23,24,27). The third-order valence-corrected chi connectivity index (χ3v) is 4.85. The molecule has 5 heteroatoms. The first kappa shape index (κ1) is 19.0. The Labute approximate surface area is 160 Å². The number of amides is 3. The topological polar surface area (TPSA) is 61.4 Å². The number of aryl methyl sites for hydroxylation is 1. The summed E-state index contributed by atoms with van der Waals surface area (Å²) >= 11 is 0. The van der Waals surface area contributed by atoms with E-state index in [2.05, 4.69) is 42.7 Å². The molecule has 0 radical (unpaired) electrons. The number of anilines is 2. The largest absolute Gasteiger partial charge is 0.337 e. The third-order valence-electron chi connectivity index (χ3n) is 4.85. The van der Waals surface area contributed by atoms with E-state index >= 15 is 0 Å². The van der Waals surface area contributed by atoms with Crippen molar-refractivity contribution in [1.29, 1.82) is 0 Å². The average molecular weight is 365 g/mol. The number of fused-ring (bicyclic) bond motifs is 1. The van der Waals surface area contributed by atoms with Crippen LogP contribution in [0.2, 0.25) is 0 Å². The minimum Gasteiger partial charge on any atom is -0.337 e. The fourth-order valence-electron chi connectivity index (χ4n) is 3.35. The Balaban J connectivity index is 1.54. The number of hydrogen-bond acceptors (Lipinski definition) is 2. The summed E-state index contributed by atoms with van der Waals surface area (Å²) in [7, 11) is 0. The first-order valence-electron chi connectivity index (χ1n) is 9.57. The van der Waals surface area contributed by atoms with Crippen molar-refractivity contribution in [3.63, 3.8) is 0 Å². The van der Waals surface area contributed by atoms with Crippen molar-refractivity contribution in [2.24, 2.45) is 0 Å². The summed E-state index contributed by atoms with van der Waals surface area (Å²) in [5.41, 5.74) is 4.30. The van der Waals surface area contributed by atoms with Gasteiger partial charge in [0.1, 0.15) is 0 Å². The van der Waals surface area contributed by atoms with Crippen LogP contribution in [-0.2, 0) is 11.2 Å². The molecule has 0 bridgehead atoms. The molecule has 5 nitrogen and oxygen atoms in total. The lowest BCUT2D eigenvalue weighted by atomic mass is 9.94. The van der Waals surface area contributed by atoms with E-state index < -0.39 is 0 Å². The lowest BCUT2D eigenvalue weighted by Crippen LogP contribution is -2.38. The maximum atomic E-state index is 12.7. The Morgan fingerprint density at radius 1 is 1.11 bits per heavy atom. The van der Waals surface area contributed by atoms with Gasteiger partial charge in [0, 0.05) is 30.9 Å². The van der Waals surface area contributed by atoms with Gasteiger partial charge in [0.25, 0.3) is 0 Å². The molecule has 3 rings (SSSR count). The van der Waals surface area contributed by atoms with E-state index in [0.717, 1.165) is 30.8 Å². The molecule has 0 spiro atoms. The van der Waals surface area contributed by atoms with Gasteiger partial charge in [0.2, 0.25) is 5.91 Å². The highest BCUT2D eigenvalue weighted by Crippen LogP contribution is 2.30. The molecular formula is C22H27N3O2. The van der Waals surface area contributed by atoms with Crippen LogP contribution < -0.4 is 15.5 Å². The van der Waals surface area contributed by atoms with E-state index in [1.54, 1.807) is 0 Å². The normalized spacial score (nSPS) is 13.2. The predicted octanol–water partition coefficient (Wildman–Crippen LogP) is 4.30. The molecule has 142 valence electrons. The molecule has 1 aliphatic rings. The molecule has 1 aliphatic heterocycles. The van der Waals surface area contributed by atoms with Crippen LogP contribution in [0.25, 0.3) is 0 Å². The highest BCUT2D eigenvalue weighted by atomic mass is 16.2. The molecule has 0 fully saturated rings. The van der Waals surface area contributed by atoms with Gasteiger partial charge in [-0.05, 0) is 48.1 Å². The lowest BCUT2D eigenvalue weighted by molar-refractivity contribution is -0.118. The van der Waals surface area contributed by atoms with Crippen molar-refractivity contribution in [3.05, 3.63) is 59.7 Å². The number of nitrogens with one attached hydrogen (secondary N) is 2. The maximum absolute atomic E-state index is 12.7. The van der Waals surface area contributed by atoms with E-state index in [4.69, 9.17) is 0 Å². The van der Waals surface area contributed by atoms with Crippen LogP contribution in [0.1, 0.15) is 43.7 Å². The summed E-state index contributed by atoms with van der Waals surface area (Å²) in [6, 6.07) is 15.4. The Hall–Kier alpha value is -2.82. The Kier molecular flexibility index (Phi) is 6.12. The lowest BCUT2D eigenvalue weighted by Gasteiger charge is -2.30. The zero-order valence-corrected chi connectivity index (χ0v) is 16.0. The van der Waals surface area contributed by atoms with Crippen LogP contribution in [0.5, 0.6) is 0 Å². The van der Waals surface area contributed by atoms with Crippen LogP contribution >= 0.6 is 0 Å². The second kappa shape index (κ2) is 8.71. The molecule has 2 aromatic carbocycles. The van der Waals surface area contributed by atoms with Crippen LogP contribution in [-0.4, -0.2) is 25.0 Å². The quantitative estimate of drug-likeness (QED) is 0.830. The molecule has 2 aromatic rings. The first-order chi connectivity index (χ1) is 13.0. The van der Waals surface area contributed by atoms with Crippen LogP contribution in [0, 0.1) is 0 Å². The predicted molar refractivity (Wildman–Crippen MR) is 109 cm³/mol. The van der Waals surface area contributed by atoms with Gasteiger partial charge in [0.05, 0.1) is 0 Å². The van der Waals surface area contributed by atoms with Crippen molar-refractivity contribution in [3.8, 4) is 0 Å². The summed E-state index contributed by atoms with van der Waals surface area (Å²) in [4.78, 5) is 26.5. The van der Waals surface area contributed by atoms with Crippen molar-refractivity contribution in [1.82, 2.24) is 5.32 Å². The van der Waals surface area contributed by atoms with E-state index in [9.17, 15) is 9.59 Å². The van der Waals surface area contributed by atoms with Crippen LogP contribution in [0.4, 0.5) is 16.2 Å². The minimum absolute atomic E-state index is 0.0493. The molecule has 0 aliphatic carbocycles. The molecule has 0 saturated heterocycles. The molecular weight excluding hydrogens is 338 g/mol. The molecule has 3 amide bonds. The van der Waals surface area contributed by atoms with E-state index in [1.807, 2.05) is 35.2 Å². The molecule has 0 aromatic heterocycles. The smallest absolute Gasteiger partial charge is 0.319 e. The molecule has 0 saturated carbocycles. The number of rotatable bonds is 5. The summed E-state index contributed by atoms with van der Waals surface area (Å²) in [5, 5.41) is 5.50. The maximum Gasteiger partial charge on any atom is 0.319 e. The summed E-state index contributed by atoms with van der Waals surface area (Å²) < 4.78 is 0. The Morgan fingerprint density at radius 2 is 1.89 bits per heavy atom.